The summed E-state index contributed by atoms with van der Waals surface area (Å²) in [7, 11) is 0. The van der Waals surface area contributed by atoms with Crippen molar-refractivity contribution in [2.75, 3.05) is 13.2 Å². The van der Waals surface area contributed by atoms with Gasteiger partial charge in [-0.2, -0.15) is 0 Å². The summed E-state index contributed by atoms with van der Waals surface area (Å²) in [6.45, 7) is 3.26. The van der Waals surface area contributed by atoms with E-state index in [1.165, 1.54) is 0 Å². The number of carbonyl (C=O) groups excluding carboxylic acids is 2. The minimum Gasteiger partial charge on any atom is -0.462 e. The lowest BCUT2D eigenvalue weighted by Crippen LogP contribution is -2.48. The van der Waals surface area contributed by atoms with Crippen LogP contribution in [-0.4, -0.2) is 37.0 Å². The number of cyclic esters (lactones) is 1. The largest absolute Gasteiger partial charge is 0.462 e. The molecular formula is C23H26O6. The van der Waals surface area contributed by atoms with Crippen LogP contribution in [0.1, 0.15) is 31.7 Å². The van der Waals surface area contributed by atoms with Crippen molar-refractivity contribution in [3.8, 4) is 0 Å². The second-order valence-electron chi connectivity index (χ2n) is 8.52. The molecule has 2 saturated heterocycles. The van der Waals surface area contributed by atoms with Gasteiger partial charge < -0.3 is 18.9 Å². The number of allylic oxidation sites excluding steroid dienone is 1. The Kier molecular flexibility index (Phi) is 4.71. The lowest BCUT2D eigenvalue weighted by atomic mass is 9.61. The minimum atomic E-state index is -0.612. The molecule has 2 aliphatic carbocycles. The molecule has 5 rings (SSSR count). The summed E-state index contributed by atoms with van der Waals surface area (Å²) in [5, 5.41) is 0. The van der Waals surface area contributed by atoms with Gasteiger partial charge in [0.2, 0.25) is 0 Å². The van der Waals surface area contributed by atoms with Gasteiger partial charge in [0.25, 0.3) is 0 Å². The van der Waals surface area contributed by atoms with E-state index in [9.17, 15) is 9.59 Å². The van der Waals surface area contributed by atoms with Crippen LogP contribution in [-0.2, 0) is 35.1 Å². The Bertz CT molecular complexity index is 825. The monoisotopic (exact) mass is 398 g/mol. The molecule has 4 aliphatic rings. The number of fused-ring (bicyclic) bond motifs is 2. The molecule has 1 spiro atoms. The average Bonchev–Trinajstić information content (AvgIpc) is 3.29. The molecule has 0 bridgehead atoms. The first-order valence-corrected chi connectivity index (χ1v) is 10.5. The van der Waals surface area contributed by atoms with E-state index in [2.05, 4.69) is 0 Å². The molecule has 0 radical (unpaired) electrons. The Labute approximate surface area is 170 Å². The number of esters is 2. The number of rotatable bonds is 3. The fourth-order valence-electron chi connectivity index (χ4n) is 5.54. The van der Waals surface area contributed by atoms with Crippen molar-refractivity contribution in [3.05, 3.63) is 47.5 Å². The SMILES string of the molecule is C[C@@H]1OC(=O)[C@H]2C=C3CCC4(C[C@@H]3[C@@H](C(=O)OCc3ccccc3)[C@@H]12)OCCO4. The first-order chi connectivity index (χ1) is 14.1. The number of ether oxygens (including phenoxy) is 4. The zero-order chi connectivity index (χ0) is 20.0. The van der Waals surface area contributed by atoms with Gasteiger partial charge in [0.05, 0.1) is 25.0 Å². The highest BCUT2D eigenvalue weighted by Crippen LogP contribution is 2.53. The third-order valence-electron chi connectivity index (χ3n) is 6.88. The molecule has 6 nitrogen and oxygen atoms in total. The molecule has 154 valence electrons. The van der Waals surface area contributed by atoms with Crippen molar-refractivity contribution in [2.24, 2.45) is 23.7 Å². The van der Waals surface area contributed by atoms with Crippen molar-refractivity contribution in [2.45, 2.75) is 44.7 Å². The molecule has 0 aromatic heterocycles. The van der Waals surface area contributed by atoms with Crippen LogP contribution in [0.15, 0.2) is 42.0 Å². The predicted molar refractivity (Wildman–Crippen MR) is 102 cm³/mol. The van der Waals surface area contributed by atoms with Crippen molar-refractivity contribution < 1.29 is 28.5 Å². The van der Waals surface area contributed by atoms with E-state index in [-0.39, 0.29) is 42.4 Å². The maximum absolute atomic E-state index is 13.3. The van der Waals surface area contributed by atoms with Gasteiger partial charge in [0.1, 0.15) is 12.7 Å². The summed E-state index contributed by atoms with van der Waals surface area (Å²) in [4.78, 5) is 25.7. The van der Waals surface area contributed by atoms with E-state index in [1.807, 2.05) is 43.3 Å². The third kappa shape index (κ3) is 3.28. The van der Waals surface area contributed by atoms with Gasteiger partial charge in [-0.1, -0.05) is 42.0 Å². The highest BCUT2D eigenvalue weighted by molar-refractivity contribution is 5.82. The summed E-state index contributed by atoms with van der Waals surface area (Å²) in [6, 6.07) is 9.64. The van der Waals surface area contributed by atoms with Gasteiger partial charge in [0, 0.05) is 18.8 Å². The molecule has 0 N–H and O–H groups in total. The molecule has 1 aromatic rings. The summed E-state index contributed by atoms with van der Waals surface area (Å²) in [5.41, 5.74) is 2.09. The van der Waals surface area contributed by atoms with E-state index in [0.717, 1.165) is 24.0 Å². The highest BCUT2D eigenvalue weighted by atomic mass is 16.7. The molecule has 0 amide bonds. The van der Waals surface area contributed by atoms with Gasteiger partial charge in [-0.15, -0.1) is 0 Å². The Morgan fingerprint density at radius 2 is 1.97 bits per heavy atom. The number of hydrogen-bond acceptors (Lipinski definition) is 6. The minimum absolute atomic E-state index is 0.0525. The van der Waals surface area contributed by atoms with Crippen LogP contribution in [0.2, 0.25) is 0 Å². The molecule has 1 aromatic carbocycles. The standard InChI is InChI=1S/C23H26O6/c1-14-19-17(21(24)29-14)11-16-7-8-23(27-9-10-28-23)12-18(16)20(19)22(25)26-13-15-5-3-2-4-6-15/h2-6,11,14,17-20H,7-10,12-13H2,1H3/t14-,17-,18-,19-,20+/m0/s1. The normalized spacial score (nSPS) is 34.9. The molecule has 1 saturated carbocycles. The Morgan fingerprint density at radius 3 is 2.72 bits per heavy atom. The molecule has 29 heavy (non-hydrogen) atoms. The summed E-state index contributed by atoms with van der Waals surface area (Å²) >= 11 is 0. The van der Waals surface area contributed by atoms with E-state index < -0.39 is 11.7 Å². The quantitative estimate of drug-likeness (QED) is 0.576. The maximum atomic E-state index is 13.3. The van der Waals surface area contributed by atoms with Crippen molar-refractivity contribution in [3.63, 3.8) is 0 Å². The van der Waals surface area contributed by atoms with Gasteiger partial charge in [0.15, 0.2) is 5.79 Å². The molecular weight excluding hydrogens is 372 g/mol. The zero-order valence-electron chi connectivity index (χ0n) is 16.5. The maximum Gasteiger partial charge on any atom is 0.313 e. The van der Waals surface area contributed by atoms with Crippen LogP contribution >= 0.6 is 0 Å². The van der Waals surface area contributed by atoms with E-state index >= 15 is 0 Å². The number of carbonyl (C=O) groups is 2. The Morgan fingerprint density at radius 1 is 1.21 bits per heavy atom. The van der Waals surface area contributed by atoms with Crippen LogP contribution in [0.25, 0.3) is 0 Å². The molecule has 2 aliphatic heterocycles. The van der Waals surface area contributed by atoms with Crippen LogP contribution in [0.5, 0.6) is 0 Å². The van der Waals surface area contributed by atoms with Gasteiger partial charge in [-0.25, -0.2) is 0 Å². The number of hydrogen-bond donors (Lipinski definition) is 0. The van der Waals surface area contributed by atoms with E-state index in [1.54, 1.807) is 0 Å². The van der Waals surface area contributed by atoms with Crippen LogP contribution in [0.4, 0.5) is 0 Å². The highest BCUT2D eigenvalue weighted by Gasteiger charge is 2.57. The summed E-state index contributed by atoms with van der Waals surface area (Å²) in [5.74, 6) is -2.18. The van der Waals surface area contributed by atoms with E-state index in [0.29, 0.717) is 19.6 Å². The van der Waals surface area contributed by atoms with Crippen molar-refractivity contribution >= 4 is 11.9 Å². The van der Waals surface area contributed by atoms with Crippen LogP contribution in [0.3, 0.4) is 0 Å². The summed E-state index contributed by atoms with van der Waals surface area (Å²) in [6.07, 6.45) is 3.86. The molecule has 6 heteroatoms. The Hall–Kier alpha value is -2.18. The first-order valence-electron chi connectivity index (χ1n) is 10.5. The molecule has 0 unspecified atom stereocenters. The molecule has 2 heterocycles. The first kappa shape index (κ1) is 18.8. The lowest BCUT2D eigenvalue weighted by Gasteiger charge is -2.45. The second-order valence-corrected chi connectivity index (χ2v) is 8.52. The van der Waals surface area contributed by atoms with Gasteiger partial charge in [-0.05, 0) is 24.8 Å². The van der Waals surface area contributed by atoms with Gasteiger partial charge in [-0.3, -0.25) is 9.59 Å². The Balaban J connectivity index is 1.43. The fourth-order valence-corrected chi connectivity index (χ4v) is 5.54. The van der Waals surface area contributed by atoms with Crippen LogP contribution < -0.4 is 0 Å². The third-order valence-corrected chi connectivity index (χ3v) is 6.88. The summed E-state index contributed by atoms with van der Waals surface area (Å²) < 4.78 is 23.2. The zero-order valence-corrected chi connectivity index (χ0v) is 16.5. The molecule has 5 atom stereocenters. The van der Waals surface area contributed by atoms with Crippen molar-refractivity contribution in [1.29, 1.82) is 0 Å². The second kappa shape index (κ2) is 7.26. The van der Waals surface area contributed by atoms with Gasteiger partial charge >= 0.3 is 11.9 Å². The lowest BCUT2D eigenvalue weighted by molar-refractivity contribution is -0.190. The average molecular weight is 398 g/mol. The fraction of sp³-hybridized carbons (Fsp3) is 0.565. The topological polar surface area (TPSA) is 71.1 Å². The van der Waals surface area contributed by atoms with E-state index in [4.69, 9.17) is 18.9 Å². The van der Waals surface area contributed by atoms with Crippen molar-refractivity contribution in [1.82, 2.24) is 0 Å². The predicted octanol–water partition coefficient (Wildman–Crippen LogP) is 3.01. The molecule has 3 fully saturated rings. The smallest absolute Gasteiger partial charge is 0.313 e. The number of benzene rings is 1. The van der Waals surface area contributed by atoms with Crippen LogP contribution in [0, 0.1) is 23.7 Å².